The van der Waals surface area contributed by atoms with Crippen molar-refractivity contribution in [1.82, 2.24) is 0 Å². The molecule has 0 radical (unpaired) electrons. The molecule has 0 bridgehead atoms. The minimum absolute atomic E-state index is 0.157. The first-order valence-electron chi connectivity index (χ1n) is 3.61. The van der Waals surface area contributed by atoms with E-state index in [-0.39, 0.29) is 12.5 Å². The van der Waals surface area contributed by atoms with Crippen molar-refractivity contribution >= 4 is 11.9 Å². The van der Waals surface area contributed by atoms with E-state index in [0.29, 0.717) is 0 Å². The Morgan fingerprint density at radius 2 is 2.33 bits per heavy atom. The molecule has 68 valence electrons. The average molecular weight is 174 g/mol. The van der Waals surface area contributed by atoms with Crippen molar-refractivity contribution in [3.63, 3.8) is 0 Å². The summed E-state index contributed by atoms with van der Waals surface area (Å²) in [5.41, 5.74) is 0. The zero-order valence-electron chi connectivity index (χ0n) is 6.90. The van der Waals surface area contributed by atoms with Gasteiger partial charge in [0.15, 0.2) is 6.61 Å². The molecule has 1 fully saturated rings. The lowest BCUT2D eigenvalue weighted by molar-refractivity contribution is -0.228. The molecule has 12 heavy (non-hydrogen) atoms. The highest BCUT2D eigenvalue weighted by Crippen LogP contribution is 2.09. The van der Waals surface area contributed by atoms with Gasteiger partial charge in [0.1, 0.15) is 0 Å². The van der Waals surface area contributed by atoms with Gasteiger partial charge in [-0.05, 0) is 0 Å². The Labute approximate surface area is 69.6 Å². The van der Waals surface area contributed by atoms with Crippen molar-refractivity contribution in [2.75, 3.05) is 6.61 Å². The van der Waals surface area contributed by atoms with Crippen LogP contribution < -0.4 is 0 Å². The highest BCUT2D eigenvalue weighted by Gasteiger charge is 2.28. The van der Waals surface area contributed by atoms with Crippen LogP contribution in [0.15, 0.2) is 0 Å². The van der Waals surface area contributed by atoms with Crippen LogP contribution in [-0.2, 0) is 23.8 Å². The van der Waals surface area contributed by atoms with Crippen molar-refractivity contribution in [3.05, 3.63) is 0 Å². The number of carbonyl (C=O) groups excluding carboxylic acids is 2. The van der Waals surface area contributed by atoms with Gasteiger partial charge in [0, 0.05) is 0 Å². The molecule has 0 saturated carbocycles. The molecule has 0 N–H and O–H groups in total. The van der Waals surface area contributed by atoms with Crippen LogP contribution in [0.2, 0.25) is 0 Å². The summed E-state index contributed by atoms with van der Waals surface area (Å²) in [6.07, 6.45) is 0. The number of hydrogen-bond acceptors (Lipinski definition) is 5. The third-order valence-corrected chi connectivity index (χ3v) is 1.25. The highest BCUT2D eigenvalue weighted by atomic mass is 16.9. The standard InChI is InChI=1S/C7H10O5/c1-4(2)6(9)12-7-10-3-5(8)11-7/h4,7H,3H2,1-2H3. The van der Waals surface area contributed by atoms with Gasteiger partial charge in [0.25, 0.3) is 0 Å². The Morgan fingerprint density at radius 3 is 2.75 bits per heavy atom. The number of carbonyl (C=O) groups is 2. The van der Waals surface area contributed by atoms with Gasteiger partial charge in [-0.25, -0.2) is 4.79 Å². The predicted molar refractivity (Wildman–Crippen MR) is 36.8 cm³/mol. The minimum Gasteiger partial charge on any atom is -0.400 e. The Kier molecular flexibility index (Phi) is 2.65. The maximum atomic E-state index is 10.9. The second kappa shape index (κ2) is 3.53. The summed E-state index contributed by atoms with van der Waals surface area (Å²) in [7, 11) is 0. The SMILES string of the molecule is CC(C)C(=O)OC1OCC(=O)O1. The van der Waals surface area contributed by atoms with Crippen molar-refractivity contribution < 1.29 is 23.8 Å². The molecule has 5 heteroatoms. The van der Waals surface area contributed by atoms with Gasteiger partial charge < -0.3 is 9.47 Å². The molecule has 0 aromatic carbocycles. The van der Waals surface area contributed by atoms with E-state index in [4.69, 9.17) is 0 Å². The Morgan fingerprint density at radius 1 is 1.67 bits per heavy atom. The van der Waals surface area contributed by atoms with Crippen LogP contribution in [-0.4, -0.2) is 25.0 Å². The molecule has 1 atom stereocenters. The normalized spacial score (nSPS) is 22.6. The first kappa shape index (κ1) is 8.99. The number of cyclic esters (lactones) is 1. The third-order valence-electron chi connectivity index (χ3n) is 1.25. The molecule has 0 amide bonds. The summed E-state index contributed by atoms with van der Waals surface area (Å²) in [5.74, 6) is -1.22. The van der Waals surface area contributed by atoms with Crippen LogP contribution in [0.4, 0.5) is 0 Å². The molecule has 1 saturated heterocycles. The topological polar surface area (TPSA) is 61.8 Å². The van der Waals surface area contributed by atoms with Crippen LogP contribution in [0.3, 0.4) is 0 Å². The average Bonchev–Trinajstić information content (AvgIpc) is 2.35. The molecule has 1 aliphatic heterocycles. The fourth-order valence-electron chi connectivity index (χ4n) is 0.600. The van der Waals surface area contributed by atoms with Crippen molar-refractivity contribution in [2.24, 2.45) is 5.92 Å². The van der Waals surface area contributed by atoms with E-state index in [1.807, 2.05) is 0 Å². The summed E-state index contributed by atoms with van der Waals surface area (Å²) in [5, 5.41) is 0. The van der Waals surface area contributed by atoms with E-state index in [1.54, 1.807) is 13.8 Å². The Balaban J connectivity index is 2.32. The lowest BCUT2D eigenvalue weighted by atomic mass is 10.2. The summed E-state index contributed by atoms with van der Waals surface area (Å²) in [6.45, 7) is 2.06. The quantitative estimate of drug-likeness (QED) is 0.553. The zero-order valence-corrected chi connectivity index (χ0v) is 6.90. The van der Waals surface area contributed by atoms with E-state index >= 15 is 0 Å². The molecule has 1 heterocycles. The van der Waals surface area contributed by atoms with Gasteiger partial charge in [0.2, 0.25) is 0 Å². The maximum absolute atomic E-state index is 10.9. The van der Waals surface area contributed by atoms with Crippen LogP contribution in [0.1, 0.15) is 13.8 Å². The summed E-state index contributed by atoms with van der Waals surface area (Å²) in [4.78, 5) is 21.4. The molecule has 1 unspecified atom stereocenters. The van der Waals surface area contributed by atoms with E-state index in [1.165, 1.54) is 0 Å². The van der Waals surface area contributed by atoms with Gasteiger partial charge >= 0.3 is 18.4 Å². The fraction of sp³-hybridized carbons (Fsp3) is 0.714. The molecule has 0 aliphatic carbocycles. The van der Waals surface area contributed by atoms with Crippen LogP contribution in [0.5, 0.6) is 0 Å². The summed E-state index contributed by atoms with van der Waals surface area (Å²) < 4.78 is 13.8. The van der Waals surface area contributed by atoms with Gasteiger partial charge in [-0.2, -0.15) is 0 Å². The van der Waals surface area contributed by atoms with Crippen molar-refractivity contribution in [3.8, 4) is 0 Å². The number of esters is 2. The van der Waals surface area contributed by atoms with Gasteiger partial charge in [-0.3, -0.25) is 9.53 Å². The lowest BCUT2D eigenvalue weighted by Crippen LogP contribution is -2.22. The second-order valence-corrected chi connectivity index (χ2v) is 2.68. The lowest BCUT2D eigenvalue weighted by Gasteiger charge is -2.10. The largest absolute Gasteiger partial charge is 0.400 e. The first-order valence-corrected chi connectivity index (χ1v) is 3.61. The Hall–Kier alpha value is -1.10. The van der Waals surface area contributed by atoms with Crippen LogP contribution >= 0.6 is 0 Å². The smallest absolute Gasteiger partial charge is 0.365 e. The number of rotatable bonds is 2. The third kappa shape index (κ3) is 2.20. The summed E-state index contributed by atoms with van der Waals surface area (Å²) in [6, 6.07) is 0. The van der Waals surface area contributed by atoms with E-state index in [0.717, 1.165) is 0 Å². The van der Waals surface area contributed by atoms with Crippen LogP contribution in [0, 0.1) is 5.92 Å². The highest BCUT2D eigenvalue weighted by molar-refractivity contribution is 5.74. The fourth-order valence-corrected chi connectivity index (χ4v) is 0.600. The molecule has 0 aromatic heterocycles. The van der Waals surface area contributed by atoms with Crippen molar-refractivity contribution in [1.29, 1.82) is 0 Å². The molecule has 0 aromatic rings. The van der Waals surface area contributed by atoms with Gasteiger partial charge in [0.05, 0.1) is 5.92 Å². The van der Waals surface area contributed by atoms with Gasteiger partial charge in [-0.15, -0.1) is 0 Å². The second-order valence-electron chi connectivity index (χ2n) is 2.68. The maximum Gasteiger partial charge on any atom is 0.365 e. The molecule has 1 aliphatic rings. The predicted octanol–water partition coefficient (Wildman–Crippen LogP) is 0.0426. The van der Waals surface area contributed by atoms with Gasteiger partial charge in [-0.1, -0.05) is 13.8 Å². The number of hydrogen-bond donors (Lipinski definition) is 0. The molecule has 1 rings (SSSR count). The molecule has 5 nitrogen and oxygen atoms in total. The molecular weight excluding hydrogens is 164 g/mol. The summed E-state index contributed by atoms with van der Waals surface area (Å²) >= 11 is 0. The minimum atomic E-state index is -1.15. The van der Waals surface area contributed by atoms with E-state index < -0.39 is 18.4 Å². The monoisotopic (exact) mass is 174 g/mol. The van der Waals surface area contributed by atoms with Crippen molar-refractivity contribution in [2.45, 2.75) is 20.3 Å². The molecular formula is C7H10O5. The zero-order chi connectivity index (χ0) is 9.14. The Bertz CT molecular complexity index is 198. The molecule has 0 spiro atoms. The van der Waals surface area contributed by atoms with Crippen LogP contribution in [0.25, 0.3) is 0 Å². The first-order chi connectivity index (χ1) is 5.59. The number of ether oxygens (including phenoxy) is 3. The van der Waals surface area contributed by atoms with E-state index in [9.17, 15) is 9.59 Å². The van der Waals surface area contributed by atoms with E-state index in [2.05, 4.69) is 14.2 Å².